The first-order chi connectivity index (χ1) is 12.7. The largest absolute Gasteiger partial charge is 0.484 e. The maximum absolute atomic E-state index is 13.0. The molecule has 5 nitrogen and oxygen atoms in total. The van der Waals surface area contributed by atoms with Crippen molar-refractivity contribution < 1.29 is 31.9 Å². The molecular weight excluding hydrogens is 368 g/mol. The van der Waals surface area contributed by atoms with E-state index in [2.05, 4.69) is 5.32 Å². The second-order valence-corrected chi connectivity index (χ2v) is 5.59. The quantitative estimate of drug-likeness (QED) is 0.778. The number of para-hydroxylation sites is 1. The minimum absolute atomic E-state index is 0.139. The van der Waals surface area contributed by atoms with Crippen LogP contribution in [0.15, 0.2) is 48.5 Å². The van der Waals surface area contributed by atoms with Gasteiger partial charge < -0.3 is 15.0 Å². The molecular formula is C18H16F4N2O3. The Balaban J connectivity index is 1.91. The van der Waals surface area contributed by atoms with E-state index >= 15 is 0 Å². The minimum atomic E-state index is -4.62. The molecule has 0 aromatic heterocycles. The van der Waals surface area contributed by atoms with E-state index in [1.165, 1.54) is 37.4 Å². The smallest absolute Gasteiger partial charge is 0.418 e. The Morgan fingerprint density at radius 3 is 2.48 bits per heavy atom. The number of halogens is 4. The highest BCUT2D eigenvalue weighted by Gasteiger charge is 2.33. The van der Waals surface area contributed by atoms with Crippen LogP contribution < -0.4 is 10.1 Å². The van der Waals surface area contributed by atoms with Crippen molar-refractivity contribution in [3.63, 3.8) is 0 Å². The average molecular weight is 384 g/mol. The van der Waals surface area contributed by atoms with Gasteiger partial charge in [0.25, 0.3) is 5.91 Å². The molecule has 2 rings (SSSR count). The molecule has 0 aliphatic rings. The summed E-state index contributed by atoms with van der Waals surface area (Å²) in [6, 6.07) is 9.69. The van der Waals surface area contributed by atoms with Gasteiger partial charge in [-0.05, 0) is 24.3 Å². The summed E-state index contributed by atoms with van der Waals surface area (Å²) in [5, 5.41) is 2.14. The van der Waals surface area contributed by atoms with E-state index in [-0.39, 0.29) is 5.75 Å². The highest BCUT2D eigenvalue weighted by molar-refractivity contribution is 5.95. The standard InChI is InChI=1S/C18H16F4N2O3/c1-24(17(26)11-27-13-6-4-5-12(19)9-13)10-16(25)23-15-8-3-2-7-14(15)18(20,21)22/h2-9H,10-11H2,1H3,(H,23,25). The van der Waals surface area contributed by atoms with E-state index in [0.29, 0.717) is 0 Å². The summed E-state index contributed by atoms with van der Waals surface area (Å²) >= 11 is 0. The minimum Gasteiger partial charge on any atom is -0.484 e. The average Bonchev–Trinajstić information content (AvgIpc) is 2.59. The summed E-state index contributed by atoms with van der Waals surface area (Å²) in [7, 11) is 1.30. The van der Waals surface area contributed by atoms with Gasteiger partial charge >= 0.3 is 6.18 Å². The number of ether oxygens (including phenoxy) is 1. The second kappa shape index (κ2) is 8.52. The van der Waals surface area contributed by atoms with Gasteiger partial charge in [0.15, 0.2) is 6.61 Å². The molecule has 0 spiro atoms. The van der Waals surface area contributed by atoms with Crippen LogP contribution in [-0.2, 0) is 15.8 Å². The van der Waals surface area contributed by atoms with Crippen molar-refractivity contribution in [3.05, 3.63) is 59.9 Å². The van der Waals surface area contributed by atoms with Crippen molar-refractivity contribution in [3.8, 4) is 5.75 Å². The number of amides is 2. The van der Waals surface area contributed by atoms with Gasteiger partial charge in [0.1, 0.15) is 11.6 Å². The SMILES string of the molecule is CN(CC(=O)Nc1ccccc1C(F)(F)F)C(=O)COc1cccc(F)c1. The molecule has 0 bridgehead atoms. The van der Waals surface area contributed by atoms with Crippen LogP contribution in [0.3, 0.4) is 0 Å². The van der Waals surface area contributed by atoms with E-state index < -0.39 is 48.2 Å². The zero-order valence-corrected chi connectivity index (χ0v) is 14.2. The zero-order chi connectivity index (χ0) is 20.0. The third kappa shape index (κ3) is 5.98. The van der Waals surface area contributed by atoms with E-state index in [1.807, 2.05) is 0 Å². The van der Waals surface area contributed by atoms with Crippen LogP contribution in [0.2, 0.25) is 0 Å². The van der Waals surface area contributed by atoms with Crippen LogP contribution >= 0.6 is 0 Å². The summed E-state index contributed by atoms with van der Waals surface area (Å²) in [5.41, 5.74) is -1.38. The molecule has 0 aliphatic carbocycles. The van der Waals surface area contributed by atoms with Crippen molar-refractivity contribution in [2.45, 2.75) is 6.18 Å². The van der Waals surface area contributed by atoms with Crippen LogP contribution in [-0.4, -0.2) is 36.9 Å². The Labute approximate surface area is 152 Å². The Morgan fingerprint density at radius 1 is 1.11 bits per heavy atom. The van der Waals surface area contributed by atoms with Gasteiger partial charge in [-0.25, -0.2) is 4.39 Å². The number of likely N-dealkylation sites (N-methyl/N-ethyl adjacent to an activating group) is 1. The molecule has 0 fully saturated rings. The molecule has 2 aromatic carbocycles. The Hall–Kier alpha value is -3.10. The number of hydrogen-bond donors (Lipinski definition) is 1. The monoisotopic (exact) mass is 384 g/mol. The molecule has 0 heterocycles. The van der Waals surface area contributed by atoms with Crippen molar-refractivity contribution in [2.75, 3.05) is 25.5 Å². The molecule has 2 amide bonds. The summed E-state index contributed by atoms with van der Waals surface area (Å²) in [4.78, 5) is 24.9. The van der Waals surface area contributed by atoms with Gasteiger partial charge in [0, 0.05) is 13.1 Å². The van der Waals surface area contributed by atoms with E-state index in [9.17, 15) is 27.2 Å². The number of alkyl halides is 3. The molecule has 1 N–H and O–H groups in total. The fraction of sp³-hybridized carbons (Fsp3) is 0.222. The lowest BCUT2D eigenvalue weighted by atomic mass is 10.1. The molecule has 0 saturated heterocycles. The molecule has 0 aliphatic heterocycles. The lowest BCUT2D eigenvalue weighted by molar-refractivity contribution is -0.137. The van der Waals surface area contributed by atoms with Gasteiger partial charge in [-0.15, -0.1) is 0 Å². The third-order valence-electron chi connectivity index (χ3n) is 3.47. The molecule has 27 heavy (non-hydrogen) atoms. The number of benzene rings is 2. The summed E-state index contributed by atoms with van der Waals surface area (Å²) < 4.78 is 56.9. The van der Waals surface area contributed by atoms with E-state index in [1.54, 1.807) is 0 Å². The number of rotatable bonds is 6. The highest BCUT2D eigenvalue weighted by atomic mass is 19.4. The number of carbonyl (C=O) groups is 2. The first-order valence-electron chi connectivity index (χ1n) is 7.75. The predicted octanol–water partition coefficient (Wildman–Crippen LogP) is 3.32. The van der Waals surface area contributed by atoms with Crippen molar-refractivity contribution in [1.82, 2.24) is 4.90 Å². The molecule has 0 saturated carbocycles. The zero-order valence-electron chi connectivity index (χ0n) is 14.2. The fourth-order valence-corrected chi connectivity index (χ4v) is 2.14. The number of carbonyl (C=O) groups excluding carboxylic acids is 2. The number of nitrogens with zero attached hydrogens (tertiary/aromatic N) is 1. The van der Waals surface area contributed by atoms with Crippen LogP contribution in [0.25, 0.3) is 0 Å². The molecule has 0 unspecified atom stereocenters. The molecule has 9 heteroatoms. The van der Waals surface area contributed by atoms with Gasteiger partial charge in [0.05, 0.1) is 17.8 Å². The second-order valence-electron chi connectivity index (χ2n) is 5.59. The van der Waals surface area contributed by atoms with Crippen molar-refractivity contribution in [2.24, 2.45) is 0 Å². The molecule has 2 aromatic rings. The van der Waals surface area contributed by atoms with E-state index in [4.69, 9.17) is 4.74 Å². The van der Waals surface area contributed by atoms with Gasteiger partial charge in [-0.3, -0.25) is 9.59 Å². The van der Waals surface area contributed by atoms with Gasteiger partial charge in [-0.1, -0.05) is 18.2 Å². The highest BCUT2D eigenvalue weighted by Crippen LogP contribution is 2.34. The first kappa shape index (κ1) is 20.2. The summed E-state index contributed by atoms with van der Waals surface area (Å²) in [6.07, 6.45) is -4.62. The first-order valence-corrected chi connectivity index (χ1v) is 7.75. The lowest BCUT2D eigenvalue weighted by Crippen LogP contribution is -2.37. The maximum atomic E-state index is 13.0. The van der Waals surface area contributed by atoms with Gasteiger partial charge in [-0.2, -0.15) is 13.2 Å². The number of nitrogens with one attached hydrogen (secondary N) is 1. The third-order valence-corrected chi connectivity index (χ3v) is 3.47. The van der Waals surface area contributed by atoms with Crippen LogP contribution in [0, 0.1) is 5.82 Å². The molecule has 144 valence electrons. The summed E-state index contributed by atoms with van der Waals surface area (Å²) in [5.74, 6) is -1.79. The maximum Gasteiger partial charge on any atom is 0.418 e. The Bertz CT molecular complexity index is 824. The predicted molar refractivity (Wildman–Crippen MR) is 89.6 cm³/mol. The normalized spacial score (nSPS) is 11.0. The Kier molecular flexibility index (Phi) is 6.38. The summed E-state index contributed by atoms with van der Waals surface area (Å²) in [6.45, 7) is -0.927. The molecule has 0 atom stereocenters. The van der Waals surface area contributed by atoms with Crippen molar-refractivity contribution in [1.29, 1.82) is 0 Å². The van der Waals surface area contributed by atoms with Crippen LogP contribution in [0.4, 0.5) is 23.2 Å². The Morgan fingerprint density at radius 2 is 1.81 bits per heavy atom. The lowest BCUT2D eigenvalue weighted by Gasteiger charge is -2.18. The number of hydrogen-bond acceptors (Lipinski definition) is 3. The van der Waals surface area contributed by atoms with Crippen LogP contribution in [0.5, 0.6) is 5.75 Å². The van der Waals surface area contributed by atoms with Crippen LogP contribution in [0.1, 0.15) is 5.56 Å². The fourth-order valence-electron chi connectivity index (χ4n) is 2.14. The topological polar surface area (TPSA) is 58.6 Å². The molecule has 0 radical (unpaired) electrons. The van der Waals surface area contributed by atoms with E-state index in [0.717, 1.165) is 23.1 Å². The van der Waals surface area contributed by atoms with Gasteiger partial charge in [0.2, 0.25) is 5.91 Å². The van der Waals surface area contributed by atoms with Crippen molar-refractivity contribution >= 4 is 17.5 Å². The number of anilines is 1.